The molecule has 2 heterocycles. The van der Waals surface area contributed by atoms with Crippen molar-refractivity contribution in [2.75, 3.05) is 13.7 Å². The van der Waals surface area contributed by atoms with Gasteiger partial charge in [-0.1, -0.05) is 31.2 Å². The quantitative estimate of drug-likeness (QED) is 0.836. The number of aromatic carboxylic acids is 1. The molecule has 3 rings (SSSR count). The summed E-state index contributed by atoms with van der Waals surface area (Å²) in [6, 6.07) is 10.1. The summed E-state index contributed by atoms with van der Waals surface area (Å²) in [6.45, 7) is 2.64. The number of hydrogen-bond donors (Lipinski definition) is 1. The third-order valence-corrected chi connectivity index (χ3v) is 4.42. The van der Waals surface area contributed by atoms with Gasteiger partial charge in [-0.15, -0.1) is 0 Å². The highest BCUT2D eigenvalue weighted by Gasteiger charge is 2.24. The number of methoxy groups -OCH3 is 1. The normalized spacial score (nSPS) is 15.9. The zero-order valence-corrected chi connectivity index (χ0v) is 14.7. The molecule has 6 nitrogen and oxygen atoms in total. The van der Waals surface area contributed by atoms with Gasteiger partial charge in [0.05, 0.1) is 13.2 Å². The average molecular weight is 352 g/mol. The van der Waals surface area contributed by atoms with E-state index in [1.165, 1.54) is 13.2 Å². The van der Waals surface area contributed by atoms with Gasteiger partial charge < -0.3 is 14.7 Å². The van der Waals surface area contributed by atoms with Crippen molar-refractivity contribution >= 4 is 11.9 Å². The highest BCUT2D eigenvalue weighted by Crippen LogP contribution is 2.29. The fraction of sp³-hybridized carbons (Fsp3) is 0.250. The Bertz CT molecular complexity index is 876. The molecule has 0 unspecified atom stereocenters. The van der Waals surface area contributed by atoms with E-state index in [0.29, 0.717) is 29.1 Å². The molecule has 0 saturated heterocycles. The Hall–Kier alpha value is -3.15. The molecule has 1 aromatic heterocycles. The number of amides is 1. The number of hydrogen-bond acceptors (Lipinski definition) is 4. The van der Waals surface area contributed by atoms with Gasteiger partial charge in [0.15, 0.2) is 0 Å². The lowest BCUT2D eigenvalue weighted by Gasteiger charge is -2.23. The molecule has 1 N–H and O–H groups in total. The molecular formula is C20H20N2O4. The van der Waals surface area contributed by atoms with Crippen LogP contribution >= 0.6 is 0 Å². The van der Waals surface area contributed by atoms with E-state index < -0.39 is 5.97 Å². The molecule has 26 heavy (non-hydrogen) atoms. The molecule has 2 aromatic rings. The van der Waals surface area contributed by atoms with Gasteiger partial charge in [-0.05, 0) is 30.7 Å². The molecule has 6 heteroatoms. The van der Waals surface area contributed by atoms with E-state index in [-0.39, 0.29) is 17.6 Å². The predicted octanol–water partition coefficient (Wildman–Crippen LogP) is 3.25. The first-order valence-corrected chi connectivity index (χ1v) is 8.41. The van der Waals surface area contributed by atoms with Crippen LogP contribution in [0.25, 0.3) is 11.3 Å². The van der Waals surface area contributed by atoms with Gasteiger partial charge in [-0.25, -0.2) is 9.78 Å². The molecule has 0 fully saturated rings. The SMILES string of the molecule is CC[C@@H]1C=CCN1C(=O)c1cccc(-c2nc(C(=O)O)ccc2OC)c1. The van der Waals surface area contributed by atoms with Gasteiger partial charge in [0, 0.05) is 17.7 Å². The van der Waals surface area contributed by atoms with Crippen molar-refractivity contribution in [1.29, 1.82) is 0 Å². The molecule has 0 aliphatic carbocycles. The zero-order valence-electron chi connectivity index (χ0n) is 14.7. The minimum Gasteiger partial charge on any atom is -0.494 e. The van der Waals surface area contributed by atoms with Crippen LogP contribution in [0.1, 0.15) is 34.2 Å². The highest BCUT2D eigenvalue weighted by atomic mass is 16.5. The Kier molecular flexibility index (Phi) is 5.02. The largest absolute Gasteiger partial charge is 0.494 e. The van der Waals surface area contributed by atoms with Crippen molar-refractivity contribution < 1.29 is 19.4 Å². The molecule has 1 atom stereocenters. The minimum absolute atomic E-state index is 0.0583. The predicted molar refractivity (Wildman–Crippen MR) is 97.4 cm³/mol. The Morgan fingerprint density at radius 2 is 2.12 bits per heavy atom. The first-order valence-electron chi connectivity index (χ1n) is 8.41. The first-order chi connectivity index (χ1) is 12.5. The van der Waals surface area contributed by atoms with E-state index in [1.54, 1.807) is 30.3 Å². The summed E-state index contributed by atoms with van der Waals surface area (Å²) in [6.07, 6.45) is 4.90. The number of carbonyl (C=O) groups is 2. The smallest absolute Gasteiger partial charge is 0.354 e. The van der Waals surface area contributed by atoms with Crippen molar-refractivity contribution in [2.45, 2.75) is 19.4 Å². The maximum absolute atomic E-state index is 12.9. The zero-order chi connectivity index (χ0) is 18.7. The molecule has 1 aliphatic heterocycles. The number of carbonyl (C=O) groups excluding carboxylic acids is 1. The number of ether oxygens (including phenoxy) is 1. The van der Waals surface area contributed by atoms with Crippen molar-refractivity contribution in [2.24, 2.45) is 0 Å². The standard InChI is InChI=1S/C20H20N2O4/c1-3-15-8-5-11-22(15)19(23)14-7-4-6-13(12-14)18-17(26-2)10-9-16(21-18)20(24)25/h4-10,12,15H,3,11H2,1-2H3,(H,24,25)/t15-/m1/s1. The van der Waals surface area contributed by atoms with Gasteiger partial charge in [0.25, 0.3) is 5.91 Å². The summed E-state index contributed by atoms with van der Waals surface area (Å²) in [5.41, 5.74) is 1.49. The molecule has 0 spiro atoms. The van der Waals surface area contributed by atoms with Crippen LogP contribution in [0.3, 0.4) is 0 Å². The molecule has 0 saturated carbocycles. The van der Waals surface area contributed by atoms with E-state index in [2.05, 4.69) is 4.98 Å². The summed E-state index contributed by atoms with van der Waals surface area (Å²) in [7, 11) is 1.50. The summed E-state index contributed by atoms with van der Waals surface area (Å²) in [4.78, 5) is 30.1. The first kappa shape index (κ1) is 17.7. The van der Waals surface area contributed by atoms with Crippen LogP contribution in [0.5, 0.6) is 5.75 Å². The number of benzene rings is 1. The number of nitrogens with zero attached hydrogens (tertiary/aromatic N) is 2. The maximum Gasteiger partial charge on any atom is 0.354 e. The van der Waals surface area contributed by atoms with Crippen molar-refractivity contribution in [3.8, 4) is 17.0 Å². The second kappa shape index (κ2) is 7.39. The van der Waals surface area contributed by atoms with E-state index in [1.807, 2.05) is 24.0 Å². The number of aromatic nitrogens is 1. The van der Waals surface area contributed by atoms with Crippen LogP contribution in [-0.2, 0) is 0 Å². The third-order valence-electron chi connectivity index (χ3n) is 4.42. The Balaban J connectivity index is 1.99. The summed E-state index contributed by atoms with van der Waals surface area (Å²) in [5, 5.41) is 9.19. The Labute approximate surface area is 151 Å². The van der Waals surface area contributed by atoms with E-state index in [0.717, 1.165) is 6.42 Å². The third kappa shape index (κ3) is 3.31. The summed E-state index contributed by atoms with van der Waals surface area (Å²) < 4.78 is 5.31. The van der Waals surface area contributed by atoms with Gasteiger partial charge in [-0.3, -0.25) is 4.79 Å². The average Bonchev–Trinajstić information content (AvgIpc) is 3.15. The second-order valence-electron chi connectivity index (χ2n) is 5.99. The number of carboxylic acid groups (broad SMARTS) is 1. The fourth-order valence-corrected chi connectivity index (χ4v) is 3.06. The van der Waals surface area contributed by atoms with E-state index >= 15 is 0 Å². The minimum atomic E-state index is -1.12. The van der Waals surface area contributed by atoms with E-state index in [4.69, 9.17) is 4.74 Å². The lowest BCUT2D eigenvalue weighted by molar-refractivity contribution is 0.0689. The van der Waals surface area contributed by atoms with Crippen LogP contribution in [-0.4, -0.2) is 46.6 Å². The molecule has 0 bridgehead atoms. The van der Waals surface area contributed by atoms with Crippen LogP contribution in [0.2, 0.25) is 0 Å². The number of carboxylic acids is 1. The molecule has 0 radical (unpaired) electrons. The van der Waals surface area contributed by atoms with Gasteiger partial charge in [0.2, 0.25) is 0 Å². The summed E-state index contributed by atoms with van der Waals surface area (Å²) >= 11 is 0. The maximum atomic E-state index is 12.9. The van der Waals surface area contributed by atoms with Crippen molar-refractivity contribution in [3.05, 3.63) is 59.8 Å². The lowest BCUT2D eigenvalue weighted by Crippen LogP contribution is -2.35. The number of pyridine rings is 1. The van der Waals surface area contributed by atoms with Crippen molar-refractivity contribution in [1.82, 2.24) is 9.88 Å². The highest BCUT2D eigenvalue weighted by molar-refractivity contribution is 5.96. The Morgan fingerprint density at radius 3 is 2.81 bits per heavy atom. The van der Waals surface area contributed by atoms with Gasteiger partial charge in [-0.2, -0.15) is 0 Å². The van der Waals surface area contributed by atoms with Crippen LogP contribution in [0.4, 0.5) is 0 Å². The molecule has 1 aromatic carbocycles. The Morgan fingerprint density at radius 1 is 1.31 bits per heavy atom. The summed E-state index contributed by atoms with van der Waals surface area (Å²) in [5.74, 6) is -0.721. The molecule has 134 valence electrons. The van der Waals surface area contributed by atoms with Crippen LogP contribution in [0.15, 0.2) is 48.6 Å². The lowest BCUT2D eigenvalue weighted by atomic mass is 10.0. The van der Waals surface area contributed by atoms with Crippen LogP contribution < -0.4 is 4.74 Å². The molecule has 1 amide bonds. The van der Waals surface area contributed by atoms with Crippen LogP contribution in [0, 0.1) is 0 Å². The van der Waals surface area contributed by atoms with E-state index in [9.17, 15) is 14.7 Å². The monoisotopic (exact) mass is 352 g/mol. The van der Waals surface area contributed by atoms with Gasteiger partial charge in [0.1, 0.15) is 17.1 Å². The second-order valence-corrected chi connectivity index (χ2v) is 5.99. The molecular weight excluding hydrogens is 332 g/mol. The number of rotatable bonds is 5. The molecule has 1 aliphatic rings. The van der Waals surface area contributed by atoms with Gasteiger partial charge >= 0.3 is 5.97 Å². The topological polar surface area (TPSA) is 79.7 Å². The fourth-order valence-electron chi connectivity index (χ4n) is 3.06. The van der Waals surface area contributed by atoms with Crippen molar-refractivity contribution in [3.63, 3.8) is 0 Å².